The molecule has 0 radical (unpaired) electrons. The van der Waals surface area contributed by atoms with Gasteiger partial charge in [0.05, 0.1) is 6.61 Å². The Kier molecular flexibility index (Phi) is 8.76. The van der Waals surface area contributed by atoms with E-state index in [1.165, 1.54) is 37.8 Å². The molecule has 4 rings (SSSR count). The second kappa shape index (κ2) is 11.8. The zero-order valence-corrected chi connectivity index (χ0v) is 20.3. The van der Waals surface area contributed by atoms with Crippen molar-refractivity contribution in [1.82, 2.24) is 0 Å². The van der Waals surface area contributed by atoms with Crippen molar-refractivity contribution in [3.63, 3.8) is 0 Å². The van der Waals surface area contributed by atoms with Gasteiger partial charge in [0.25, 0.3) is 0 Å². The third kappa shape index (κ3) is 5.88. The van der Waals surface area contributed by atoms with Gasteiger partial charge >= 0.3 is 0 Å². The van der Waals surface area contributed by atoms with E-state index in [2.05, 4.69) is 6.08 Å². The number of hydrogen-bond acceptors (Lipinski definition) is 1. The van der Waals surface area contributed by atoms with Gasteiger partial charge in [0, 0.05) is 5.56 Å². The number of rotatable bonds is 7. The Hall–Kier alpha value is -1.78. The maximum absolute atomic E-state index is 14.6. The topological polar surface area (TPSA) is 9.23 Å². The summed E-state index contributed by atoms with van der Waals surface area (Å²) in [6, 6.07) is 3.18. The molecular weight excluding hydrogens is 440 g/mol. The van der Waals surface area contributed by atoms with Crippen LogP contribution in [0, 0.1) is 41.2 Å². The molecule has 34 heavy (non-hydrogen) atoms. The molecule has 2 saturated carbocycles. The molecule has 1 aromatic carbocycles. The average molecular weight is 479 g/mol. The van der Waals surface area contributed by atoms with Gasteiger partial charge in [-0.15, -0.1) is 0 Å². The maximum Gasteiger partial charge on any atom is 0.201 e. The zero-order valence-electron chi connectivity index (χ0n) is 20.3. The van der Waals surface area contributed by atoms with Gasteiger partial charge in [0.1, 0.15) is 12.5 Å². The molecule has 0 spiro atoms. The quantitative estimate of drug-likeness (QED) is 0.355. The third-order valence-corrected chi connectivity index (χ3v) is 8.65. The standard InChI is InChI=1S/C29H38F4O/c1-2-34-27-16-15-26(28(32)29(27)33)24-13-11-23(12-14-24)22-9-7-21(8-10-22)20-5-3-19(4-6-20)17-25(31)18-30/h13,15-17,19-23H,2-12,14,18H2,1H3/b25-17-. The molecule has 0 aromatic heterocycles. The van der Waals surface area contributed by atoms with Crippen LogP contribution >= 0.6 is 0 Å². The molecule has 2 fully saturated rings. The van der Waals surface area contributed by atoms with E-state index in [0.717, 1.165) is 62.4 Å². The highest BCUT2D eigenvalue weighted by atomic mass is 19.2. The van der Waals surface area contributed by atoms with Crippen molar-refractivity contribution in [2.75, 3.05) is 13.3 Å². The second-order valence-electron chi connectivity index (χ2n) is 10.5. The number of alkyl halides is 1. The fraction of sp³-hybridized carbons (Fsp3) is 0.655. The largest absolute Gasteiger partial charge is 0.491 e. The monoisotopic (exact) mass is 478 g/mol. The van der Waals surface area contributed by atoms with Gasteiger partial charge in [0.15, 0.2) is 11.6 Å². The number of hydrogen-bond donors (Lipinski definition) is 0. The van der Waals surface area contributed by atoms with E-state index in [0.29, 0.717) is 24.0 Å². The maximum atomic E-state index is 14.6. The van der Waals surface area contributed by atoms with Crippen molar-refractivity contribution in [3.8, 4) is 5.75 Å². The van der Waals surface area contributed by atoms with E-state index in [4.69, 9.17) is 4.74 Å². The molecular formula is C29H38F4O. The number of halogens is 4. The summed E-state index contributed by atoms with van der Waals surface area (Å²) in [5, 5.41) is 0. The molecule has 1 nitrogen and oxygen atoms in total. The van der Waals surface area contributed by atoms with Crippen LogP contribution in [0.15, 0.2) is 30.1 Å². The average Bonchev–Trinajstić information content (AvgIpc) is 2.88. The van der Waals surface area contributed by atoms with Gasteiger partial charge in [-0.1, -0.05) is 6.08 Å². The molecule has 3 aliphatic carbocycles. The van der Waals surface area contributed by atoms with Crippen LogP contribution in [0.3, 0.4) is 0 Å². The Morgan fingerprint density at radius 3 is 2.06 bits per heavy atom. The van der Waals surface area contributed by atoms with Gasteiger partial charge < -0.3 is 4.74 Å². The van der Waals surface area contributed by atoms with Gasteiger partial charge in [-0.25, -0.2) is 13.2 Å². The summed E-state index contributed by atoms with van der Waals surface area (Å²) in [6.07, 6.45) is 15.7. The van der Waals surface area contributed by atoms with E-state index in [9.17, 15) is 17.6 Å². The van der Waals surface area contributed by atoms with Gasteiger partial charge in [0.2, 0.25) is 5.82 Å². The Balaban J connectivity index is 1.26. The molecule has 0 heterocycles. The predicted molar refractivity (Wildman–Crippen MR) is 129 cm³/mol. The van der Waals surface area contributed by atoms with Gasteiger partial charge in [-0.05, 0) is 131 Å². The highest BCUT2D eigenvalue weighted by molar-refractivity contribution is 5.67. The SMILES string of the molecule is CCOc1ccc(C2=CCC(C3CCC(C4CCC(/C=C(\F)CF)CC4)CC3)CC2)c(F)c1F. The highest BCUT2D eigenvalue weighted by Crippen LogP contribution is 2.46. The van der Waals surface area contributed by atoms with Crippen LogP contribution in [0.4, 0.5) is 17.6 Å². The fourth-order valence-electron chi connectivity index (χ4n) is 6.75. The smallest absolute Gasteiger partial charge is 0.201 e. The second-order valence-corrected chi connectivity index (χ2v) is 10.5. The summed E-state index contributed by atoms with van der Waals surface area (Å²) in [5.74, 6) is 0.735. The normalized spacial score (nSPS) is 30.7. The number of benzene rings is 1. The molecule has 0 aliphatic heterocycles. The van der Waals surface area contributed by atoms with Gasteiger partial charge in [-0.2, -0.15) is 4.39 Å². The zero-order chi connectivity index (χ0) is 24.1. The van der Waals surface area contributed by atoms with Crippen LogP contribution < -0.4 is 4.74 Å². The Labute approximate surface area is 201 Å². The molecule has 188 valence electrons. The molecule has 0 saturated heterocycles. The summed E-state index contributed by atoms with van der Waals surface area (Å²) in [7, 11) is 0. The predicted octanol–water partition coefficient (Wildman–Crippen LogP) is 8.98. The minimum Gasteiger partial charge on any atom is -0.491 e. The lowest BCUT2D eigenvalue weighted by atomic mass is 9.66. The Bertz CT molecular complexity index is 876. The summed E-state index contributed by atoms with van der Waals surface area (Å²) in [6.45, 7) is 1.08. The third-order valence-electron chi connectivity index (χ3n) is 8.65. The van der Waals surface area contributed by atoms with Crippen LogP contribution in [-0.4, -0.2) is 13.3 Å². The van der Waals surface area contributed by atoms with E-state index in [1.54, 1.807) is 13.0 Å². The summed E-state index contributed by atoms with van der Waals surface area (Å²) in [4.78, 5) is 0. The van der Waals surface area contributed by atoms with Crippen molar-refractivity contribution in [2.24, 2.45) is 29.6 Å². The fourth-order valence-corrected chi connectivity index (χ4v) is 6.75. The first-order chi connectivity index (χ1) is 16.5. The van der Waals surface area contributed by atoms with Gasteiger partial charge in [-0.3, -0.25) is 0 Å². The van der Waals surface area contributed by atoms with Crippen LogP contribution in [-0.2, 0) is 0 Å². The van der Waals surface area contributed by atoms with Crippen LogP contribution in [0.2, 0.25) is 0 Å². The molecule has 0 N–H and O–H groups in total. The summed E-state index contributed by atoms with van der Waals surface area (Å²) >= 11 is 0. The lowest BCUT2D eigenvalue weighted by Crippen LogP contribution is -2.28. The lowest BCUT2D eigenvalue weighted by Gasteiger charge is -2.40. The molecule has 0 amide bonds. The molecule has 0 bridgehead atoms. The lowest BCUT2D eigenvalue weighted by molar-refractivity contribution is 0.128. The first-order valence-electron chi connectivity index (χ1n) is 13.2. The first-order valence-corrected chi connectivity index (χ1v) is 13.2. The summed E-state index contributed by atoms with van der Waals surface area (Å²) < 4.78 is 59.7. The van der Waals surface area contributed by atoms with E-state index in [-0.39, 0.29) is 11.7 Å². The highest BCUT2D eigenvalue weighted by Gasteiger charge is 2.34. The van der Waals surface area contributed by atoms with Crippen molar-refractivity contribution in [1.29, 1.82) is 0 Å². The minimum atomic E-state index is -0.978. The molecule has 5 heteroatoms. The van der Waals surface area contributed by atoms with Crippen molar-refractivity contribution in [2.45, 2.75) is 77.6 Å². The summed E-state index contributed by atoms with van der Waals surface area (Å²) in [5.41, 5.74) is 1.29. The van der Waals surface area contributed by atoms with E-state index < -0.39 is 24.1 Å². The Morgan fingerprint density at radius 2 is 1.50 bits per heavy atom. The van der Waals surface area contributed by atoms with E-state index in [1.807, 2.05) is 0 Å². The van der Waals surface area contributed by atoms with Crippen LogP contribution in [0.25, 0.3) is 5.57 Å². The molecule has 1 unspecified atom stereocenters. The van der Waals surface area contributed by atoms with Crippen molar-refractivity contribution in [3.05, 3.63) is 47.3 Å². The Morgan fingerprint density at radius 1 is 0.882 bits per heavy atom. The minimum absolute atomic E-state index is 0.0216. The molecule has 3 aliphatic rings. The number of ether oxygens (including phenoxy) is 1. The van der Waals surface area contributed by atoms with E-state index >= 15 is 0 Å². The van der Waals surface area contributed by atoms with Crippen LogP contribution in [0.1, 0.15) is 83.1 Å². The van der Waals surface area contributed by atoms with Crippen LogP contribution in [0.5, 0.6) is 5.75 Å². The van der Waals surface area contributed by atoms with Crippen molar-refractivity contribution < 1.29 is 22.3 Å². The molecule has 1 aromatic rings. The number of allylic oxidation sites excluding steroid dienone is 4. The molecule has 1 atom stereocenters. The van der Waals surface area contributed by atoms with Crippen molar-refractivity contribution >= 4 is 5.57 Å². The first kappa shape index (κ1) is 25.3.